The van der Waals surface area contributed by atoms with Gasteiger partial charge in [0.2, 0.25) is 0 Å². The third kappa shape index (κ3) is 4.77. The highest BCUT2D eigenvalue weighted by atomic mass is 16.5. The van der Waals surface area contributed by atoms with Gasteiger partial charge >= 0.3 is 0 Å². The lowest BCUT2D eigenvalue weighted by atomic mass is 9.94. The van der Waals surface area contributed by atoms with Gasteiger partial charge in [0.15, 0.2) is 0 Å². The number of carbonyl (C=O) groups excluding carboxylic acids is 2. The highest BCUT2D eigenvalue weighted by Gasteiger charge is 2.46. The normalized spacial score (nSPS) is 16.8. The van der Waals surface area contributed by atoms with E-state index in [1.54, 1.807) is 31.4 Å². The summed E-state index contributed by atoms with van der Waals surface area (Å²) in [7, 11) is 6.99. The molecule has 7 heteroatoms. The molecule has 186 valence electrons. The van der Waals surface area contributed by atoms with Gasteiger partial charge in [-0.05, 0) is 53.9 Å². The molecule has 0 spiro atoms. The topological polar surface area (TPSA) is 79.3 Å². The Morgan fingerprint density at radius 3 is 2.19 bits per heavy atom. The minimum absolute atomic E-state index is 0.0526. The van der Waals surface area contributed by atoms with E-state index in [9.17, 15) is 14.7 Å². The van der Waals surface area contributed by atoms with Gasteiger partial charge in [0.1, 0.15) is 17.3 Å². The molecule has 1 fully saturated rings. The lowest BCUT2D eigenvalue weighted by Gasteiger charge is -2.26. The summed E-state index contributed by atoms with van der Waals surface area (Å²) in [6.45, 7) is 0.305. The van der Waals surface area contributed by atoms with Crippen molar-refractivity contribution in [2.45, 2.75) is 12.5 Å². The van der Waals surface area contributed by atoms with Crippen molar-refractivity contribution >= 4 is 23.1 Å². The van der Waals surface area contributed by atoms with Crippen LogP contribution in [0.15, 0.2) is 78.4 Å². The average Bonchev–Trinajstić information content (AvgIpc) is 3.16. The number of para-hydroxylation sites is 1. The molecular formula is C29H30N2O5. The number of ketones is 1. The van der Waals surface area contributed by atoms with Gasteiger partial charge in [0.25, 0.3) is 11.7 Å². The van der Waals surface area contributed by atoms with Crippen molar-refractivity contribution < 1.29 is 24.2 Å². The molecular weight excluding hydrogens is 456 g/mol. The molecule has 1 unspecified atom stereocenters. The Hall–Kier alpha value is -4.26. The first-order valence-electron chi connectivity index (χ1n) is 11.7. The number of rotatable bonds is 8. The van der Waals surface area contributed by atoms with Crippen molar-refractivity contribution in [1.29, 1.82) is 0 Å². The zero-order valence-corrected chi connectivity index (χ0v) is 20.9. The Labute approximate surface area is 211 Å². The van der Waals surface area contributed by atoms with Crippen LogP contribution in [0, 0.1) is 0 Å². The van der Waals surface area contributed by atoms with Gasteiger partial charge in [-0.25, -0.2) is 0 Å². The van der Waals surface area contributed by atoms with Gasteiger partial charge in [-0.3, -0.25) is 9.59 Å². The maximum absolute atomic E-state index is 13.3. The molecule has 4 rings (SSSR count). The number of hydrogen-bond donors (Lipinski definition) is 1. The Kier molecular flexibility index (Phi) is 7.29. The van der Waals surface area contributed by atoms with E-state index in [4.69, 9.17) is 9.47 Å². The summed E-state index contributed by atoms with van der Waals surface area (Å²) in [5.74, 6) is -0.436. The molecule has 3 aromatic carbocycles. The van der Waals surface area contributed by atoms with Gasteiger partial charge in [0.05, 0.1) is 31.4 Å². The molecule has 1 N–H and O–H groups in total. The lowest BCUT2D eigenvalue weighted by Crippen LogP contribution is -2.31. The van der Waals surface area contributed by atoms with Crippen LogP contribution >= 0.6 is 0 Å². The molecule has 0 aliphatic carbocycles. The van der Waals surface area contributed by atoms with Crippen molar-refractivity contribution in [2.75, 3.05) is 39.8 Å². The fourth-order valence-electron chi connectivity index (χ4n) is 4.44. The van der Waals surface area contributed by atoms with Crippen molar-refractivity contribution in [3.8, 4) is 11.5 Å². The van der Waals surface area contributed by atoms with Crippen molar-refractivity contribution in [3.05, 3.63) is 95.1 Å². The summed E-state index contributed by atoms with van der Waals surface area (Å²) in [5, 5.41) is 11.3. The lowest BCUT2D eigenvalue weighted by molar-refractivity contribution is -0.139. The molecule has 1 atom stereocenters. The maximum Gasteiger partial charge on any atom is 0.295 e. The van der Waals surface area contributed by atoms with Gasteiger partial charge in [-0.15, -0.1) is 0 Å². The summed E-state index contributed by atoms with van der Waals surface area (Å²) in [6.07, 6.45) is 0.540. The molecule has 7 nitrogen and oxygen atoms in total. The van der Waals surface area contributed by atoms with Crippen LogP contribution in [0.3, 0.4) is 0 Å². The number of methoxy groups -OCH3 is 2. The zero-order valence-electron chi connectivity index (χ0n) is 20.9. The van der Waals surface area contributed by atoms with Crippen LogP contribution < -0.4 is 14.4 Å². The second kappa shape index (κ2) is 10.6. The summed E-state index contributed by atoms with van der Waals surface area (Å²) in [6, 6.07) is 21.4. The quantitative estimate of drug-likeness (QED) is 0.288. The van der Waals surface area contributed by atoms with Crippen LogP contribution in [0.4, 0.5) is 5.69 Å². The minimum Gasteiger partial charge on any atom is -0.507 e. The smallest absolute Gasteiger partial charge is 0.295 e. The molecule has 0 aromatic heterocycles. The Balaban J connectivity index is 1.77. The number of ether oxygens (including phenoxy) is 2. The number of carbonyl (C=O) groups is 2. The van der Waals surface area contributed by atoms with Gasteiger partial charge in [0, 0.05) is 26.3 Å². The molecule has 0 saturated carbocycles. The van der Waals surface area contributed by atoms with E-state index in [1.807, 2.05) is 67.5 Å². The predicted octanol–water partition coefficient (Wildman–Crippen LogP) is 4.43. The number of likely N-dealkylation sites (tertiary alicyclic amines) is 1. The molecule has 0 bridgehead atoms. The molecule has 36 heavy (non-hydrogen) atoms. The second-order valence-corrected chi connectivity index (χ2v) is 8.78. The van der Waals surface area contributed by atoms with E-state index in [0.717, 1.165) is 22.6 Å². The number of amides is 1. The Morgan fingerprint density at radius 1 is 0.917 bits per heavy atom. The molecule has 1 saturated heterocycles. The van der Waals surface area contributed by atoms with E-state index in [0.29, 0.717) is 24.3 Å². The first-order valence-corrected chi connectivity index (χ1v) is 11.7. The highest BCUT2D eigenvalue weighted by molar-refractivity contribution is 6.46. The molecule has 3 aromatic rings. The summed E-state index contributed by atoms with van der Waals surface area (Å²) >= 11 is 0. The molecule has 1 aliphatic rings. The number of aliphatic hydroxyl groups is 1. The van der Waals surface area contributed by atoms with Gasteiger partial charge in [-0.1, -0.05) is 36.4 Å². The predicted molar refractivity (Wildman–Crippen MR) is 139 cm³/mol. The van der Waals surface area contributed by atoms with Crippen LogP contribution in [0.25, 0.3) is 5.76 Å². The summed E-state index contributed by atoms with van der Waals surface area (Å²) < 4.78 is 10.6. The Bertz CT molecular complexity index is 1280. The molecule has 0 radical (unpaired) electrons. The zero-order chi connectivity index (χ0) is 25.8. The highest BCUT2D eigenvalue weighted by Crippen LogP contribution is 2.41. The molecule has 1 heterocycles. The fraction of sp³-hybridized carbons (Fsp3) is 0.241. The standard InChI is InChI=1S/C29H30N2O5/c1-30(2)21-13-11-20(12-14-21)26-25(27(32)23-7-5-6-8-24(23)36-4)28(33)29(34)31(26)18-17-19-9-15-22(35-3)16-10-19/h5-16,26,32H,17-18H2,1-4H3/b27-25-. The number of aliphatic hydroxyl groups excluding tert-OH is 1. The van der Waals surface area contributed by atoms with Crippen LogP contribution in [-0.4, -0.2) is 56.6 Å². The van der Waals surface area contributed by atoms with E-state index in [-0.39, 0.29) is 11.3 Å². The third-order valence-corrected chi connectivity index (χ3v) is 6.43. The summed E-state index contributed by atoms with van der Waals surface area (Å²) in [5.41, 5.74) is 3.15. The number of hydrogen-bond acceptors (Lipinski definition) is 6. The molecule has 1 amide bonds. The van der Waals surface area contributed by atoms with E-state index >= 15 is 0 Å². The molecule has 1 aliphatic heterocycles. The number of nitrogens with zero attached hydrogens (tertiary/aromatic N) is 2. The second-order valence-electron chi connectivity index (χ2n) is 8.78. The fourth-order valence-corrected chi connectivity index (χ4v) is 4.44. The average molecular weight is 487 g/mol. The van der Waals surface area contributed by atoms with Gasteiger partial charge < -0.3 is 24.4 Å². The monoisotopic (exact) mass is 486 g/mol. The Morgan fingerprint density at radius 2 is 1.58 bits per heavy atom. The van der Waals surface area contributed by atoms with Crippen molar-refractivity contribution in [2.24, 2.45) is 0 Å². The minimum atomic E-state index is -0.732. The maximum atomic E-state index is 13.3. The van der Waals surface area contributed by atoms with E-state index in [1.165, 1.54) is 12.0 Å². The van der Waals surface area contributed by atoms with Crippen LogP contribution in [0.1, 0.15) is 22.7 Å². The van der Waals surface area contributed by atoms with E-state index in [2.05, 4.69) is 0 Å². The van der Waals surface area contributed by atoms with Gasteiger partial charge in [-0.2, -0.15) is 0 Å². The third-order valence-electron chi connectivity index (χ3n) is 6.43. The summed E-state index contributed by atoms with van der Waals surface area (Å²) in [4.78, 5) is 30.1. The first-order chi connectivity index (χ1) is 17.3. The number of Topliss-reactive ketones (excluding diaryl/α,β-unsaturated/α-hetero) is 1. The van der Waals surface area contributed by atoms with Crippen LogP contribution in [0.2, 0.25) is 0 Å². The van der Waals surface area contributed by atoms with E-state index < -0.39 is 17.7 Å². The van der Waals surface area contributed by atoms with Crippen LogP contribution in [0.5, 0.6) is 11.5 Å². The largest absolute Gasteiger partial charge is 0.507 e. The SMILES string of the molecule is COc1ccc(CCN2C(=O)C(=O)/C(=C(\O)c3ccccc3OC)C2c2ccc(N(C)C)cc2)cc1. The number of anilines is 1. The van der Waals surface area contributed by atoms with Crippen LogP contribution in [-0.2, 0) is 16.0 Å². The first kappa shape index (κ1) is 24.9. The van der Waals surface area contributed by atoms with Crippen molar-refractivity contribution in [1.82, 2.24) is 4.90 Å². The number of benzene rings is 3. The van der Waals surface area contributed by atoms with Crippen molar-refractivity contribution in [3.63, 3.8) is 0 Å².